The fraction of sp³-hybridized carbons (Fsp3) is 0.579. The van der Waals surface area contributed by atoms with E-state index in [-0.39, 0.29) is 0 Å². The molecule has 1 aromatic rings. The number of methoxy groups -OCH3 is 1. The lowest BCUT2D eigenvalue weighted by atomic mass is 10.0. The lowest BCUT2D eigenvalue weighted by Crippen LogP contribution is -2.84. The maximum Gasteiger partial charge on any atom is 0.118 e. The summed E-state index contributed by atoms with van der Waals surface area (Å²) >= 11 is 0. The molecule has 1 aromatic carbocycles. The van der Waals surface area contributed by atoms with Crippen LogP contribution in [0.4, 0.5) is 0 Å². The van der Waals surface area contributed by atoms with Gasteiger partial charge in [0, 0.05) is 6.42 Å². The van der Waals surface area contributed by atoms with Crippen LogP contribution < -0.4 is 10.1 Å². The van der Waals surface area contributed by atoms with Crippen LogP contribution in [0.25, 0.3) is 0 Å². The molecule has 118 valence electrons. The summed E-state index contributed by atoms with van der Waals surface area (Å²) in [5, 5.41) is 2.45. The van der Waals surface area contributed by atoms with Gasteiger partial charge in [-0.3, -0.25) is 0 Å². The van der Waals surface area contributed by atoms with Crippen molar-refractivity contribution in [1.82, 2.24) is 0 Å². The van der Waals surface area contributed by atoms with Gasteiger partial charge in [0.05, 0.1) is 20.2 Å². The summed E-state index contributed by atoms with van der Waals surface area (Å²) in [5.74, 6) is 1.77. The molecule has 2 N–H and O–H groups in total. The van der Waals surface area contributed by atoms with E-state index in [1.807, 2.05) is 12.1 Å². The molecule has 0 aromatic heterocycles. The molecule has 1 rings (SSSR count). The van der Waals surface area contributed by atoms with Gasteiger partial charge in [0.25, 0.3) is 0 Å². The fourth-order valence-corrected chi connectivity index (χ4v) is 2.41. The van der Waals surface area contributed by atoms with Gasteiger partial charge in [-0.25, -0.2) is 0 Å². The van der Waals surface area contributed by atoms with Gasteiger partial charge in [-0.1, -0.05) is 30.7 Å². The van der Waals surface area contributed by atoms with Gasteiger partial charge in [0.1, 0.15) is 5.75 Å². The minimum absolute atomic E-state index is 0.831. The Bertz CT molecular complexity index is 404. The Morgan fingerprint density at radius 3 is 2.48 bits per heavy atom. The number of hydrogen-bond acceptors (Lipinski definition) is 1. The van der Waals surface area contributed by atoms with Crippen LogP contribution in [0.1, 0.15) is 45.6 Å². The summed E-state index contributed by atoms with van der Waals surface area (Å²) < 4.78 is 5.17. The zero-order valence-electron chi connectivity index (χ0n) is 14.2. The van der Waals surface area contributed by atoms with Crippen molar-refractivity contribution in [2.24, 2.45) is 5.92 Å². The number of ether oxygens (including phenoxy) is 1. The molecule has 2 heteroatoms. The molecule has 2 nitrogen and oxygen atoms in total. The van der Waals surface area contributed by atoms with Crippen molar-refractivity contribution in [2.75, 3.05) is 20.2 Å². The summed E-state index contributed by atoms with van der Waals surface area (Å²) in [4.78, 5) is 0. The van der Waals surface area contributed by atoms with E-state index in [1.54, 1.807) is 7.11 Å². The Morgan fingerprint density at radius 2 is 1.86 bits per heavy atom. The van der Waals surface area contributed by atoms with Gasteiger partial charge in [0.15, 0.2) is 0 Å². The van der Waals surface area contributed by atoms with Crippen LogP contribution >= 0.6 is 0 Å². The largest absolute Gasteiger partial charge is 0.497 e. The molecule has 1 atom stereocenters. The monoisotopic (exact) mass is 290 g/mol. The fourth-order valence-electron chi connectivity index (χ4n) is 2.41. The normalized spacial score (nSPS) is 12.0. The third-order valence-electron chi connectivity index (χ3n) is 3.87. The highest BCUT2D eigenvalue weighted by Crippen LogP contribution is 2.11. The van der Waals surface area contributed by atoms with Crippen molar-refractivity contribution < 1.29 is 10.1 Å². The molecule has 0 saturated heterocycles. The number of nitrogens with two attached hydrogens (primary N) is 1. The first kappa shape index (κ1) is 17.8. The van der Waals surface area contributed by atoms with E-state index in [0.29, 0.717) is 0 Å². The zero-order valence-corrected chi connectivity index (χ0v) is 14.2. The highest BCUT2D eigenvalue weighted by molar-refractivity contribution is 5.27. The quantitative estimate of drug-likeness (QED) is 0.517. The van der Waals surface area contributed by atoms with Gasteiger partial charge in [0.2, 0.25) is 0 Å². The van der Waals surface area contributed by atoms with Gasteiger partial charge in [-0.15, -0.1) is 0 Å². The van der Waals surface area contributed by atoms with Crippen molar-refractivity contribution in [3.63, 3.8) is 0 Å². The predicted octanol–water partition coefficient (Wildman–Crippen LogP) is 3.57. The smallest absolute Gasteiger partial charge is 0.118 e. The summed E-state index contributed by atoms with van der Waals surface area (Å²) in [6.07, 6.45) is 7.35. The third-order valence-corrected chi connectivity index (χ3v) is 3.87. The van der Waals surface area contributed by atoms with Crippen LogP contribution in [0, 0.1) is 5.92 Å². The highest BCUT2D eigenvalue weighted by Gasteiger charge is 2.02. The van der Waals surface area contributed by atoms with Crippen LogP contribution in [-0.4, -0.2) is 20.2 Å². The third kappa shape index (κ3) is 8.56. The lowest BCUT2D eigenvalue weighted by Gasteiger charge is -2.09. The first-order chi connectivity index (χ1) is 10.1. The summed E-state index contributed by atoms with van der Waals surface area (Å²) in [6.45, 7) is 9.14. The molecule has 0 saturated carbocycles. The number of benzene rings is 1. The van der Waals surface area contributed by atoms with Crippen LogP contribution in [-0.2, 0) is 6.42 Å². The number of quaternary nitrogens is 1. The molecule has 0 amide bonds. The zero-order chi connectivity index (χ0) is 15.5. The Morgan fingerprint density at radius 1 is 1.14 bits per heavy atom. The Kier molecular flexibility index (Phi) is 8.84. The van der Waals surface area contributed by atoms with E-state index >= 15 is 0 Å². The van der Waals surface area contributed by atoms with E-state index in [0.717, 1.165) is 18.1 Å². The summed E-state index contributed by atoms with van der Waals surface area (Å²) in [7, 11) is 1.71. The minimum atomic E-state index is 0.831. The molecular weight excluding hydrogens is 258 g/mol. The first-order valence-electron chi connectivity index (χ1n) is 8.19. The first-order valence-corrected chi connectivity index (χ1v) is 8.19. The van der Waals surface area contributed by atoms with E-state index in [4.69, 9.17) is 4.74 Å². The number of allylic oxidation sites excluding steroid dienone is 2. The molecule has 0 unspecified atom stereocenters. The van der Waals surface area contributed by atoms with E-state index in [9.17, 15) is 0 Å². The molecule has 0 heterocycles. The van der Waals surface area contributed by atoms with Gasteiger partial charge < -0.3 is 10.1 Å². The van der Waals surface area contributed by atoms with Gasteiger partial charge in [-0.05, 0) is 56.7 Å². The SMILES string of the molecule is COc1ccc(CC[NH2+]CC[C@@H](C)CCC=C(C)C)cc1. The molecule has 0 bridgehead atoms. The van der Waals surface area contributed by atoms with E-state index in [1.165, 1.54) is 43.5 Å². The van der Waals surface area contributed by atoms with E-state index in [2.05, 4.69) is 44.3 Å². The van der Waals surface area contributed by atoms with Crippen LogP contribution in [0.15, 0.2) is 35.9 Å². The molecule has 0 aliphatic rings. The lowest BCUT2D eigenvalue weighted by molar-refractivity contribution is -0.655. The summed E-state index contributed by atoms with van der Waals surface area (Å²) in [5.41, 5.74) is 2.83. The van der Waals surface area contributed by atoms with E-state index < -0.39 is 0 Å². The van der Waals surface area contributed by atoms with Crippen molar-refractivity contribution in [1.29, 1.82) is 0 Å². The standard InChI is InChI=1S/C19H31NO/c1-16(2)6-5-7-17(3)12-14-20-15-13-18-8-10-19(21-4)11-9-18/h6,8-11,17,20H,5,7,12-15H2,1-4H3/p+1/t17-/m0/s1. The van der Waals surface area contributed by atoms with Crippen molar-refractivity contribution in [3.8, 4) is 5.75 Å². The van der Waals surface area contributed by atoms with Crippen LogP contribution in [0.3, 0.4) is 0 Å². The Labute approximate surface area is 130 Å². The maximum atomic E-state index is 5.17. The highest BCUT2D eigenvalue weighted by atomic mass is 16.5. The second-order valence-electron chi connectivity index (χ2n) is 6.22. The number of hydrogen-bond donors (Lipinski definition) is 1. The van der Waals surface area contributed by atoms with Crippen molar-refractivity contribution in [2.45, 2.75) is 46.5 Å². The van der Waals surface area contributed by atoms with Crippen LogP contribution in [0.5, 0.6) is 5.75 Å². The molecule has 0 spiro atoms. The van der Waals surface area contributed by atoms with Crippen molar-refractivity contribution >= 4 is 0 Å². The average Bonchev–Trinajstić information content (AvgIpc) is 2.47. The molecular formula is C19H32NO+. The molecule has 0 aliphatic heterocycles. The Hall–Kier alpha value is -1.28. The second kappa shape index (κ2) is 10.4. The minimum Gasteiger partial charge on any atom is -0.497 e. The molecule has 0 aliphatic carbocycles. The van der Waals surface area contributed by atoms with Gasteiger partial charge >= 0.3 is 0 Å². The molecule has 0 fully saturated rings. The van der Waals surface area contributed by atoms with Crippen LogP contribution in [0.2, 0.25) is 0 Å². The molecule has 0 radical (unpaired) electrons. The van der Waals surface area contributed by atoms with Crippen molar-refractivity contribution in [3.05, 3.63) is 41.5 Å². The molecule has 21 heavy (non-hydrogen) atoms. The topological polar surface area (TPSA) is 25.8 Å². The average molecular weight is 290 g/mol. The Balaban J connectivity index is 2.06. The van der Waals surface area contributed by atoms with Gasteiger partial charge in [-0.2, -0.15) is 0 Å². The second-order valence-corrected chi connectivity index (χ2v) is 6.22. The predicted molar refractivity (Wildman–Crippen MR) is 90.8 cm³/mol. The number of rotatable bonds is 10. The summed E-state index contributed by atoms with van der Waals surface area (Å²) in [6, 6.07) is 8.41. The maximum absolute atomic E-state index is 5.17.